The monoisotopic (exact) mass is 569 g/mol. The molecule has 1 heterocycles. The molecule has 0 bridgehead atoms. The first-order valence-electron chi connectivity index (χ1n) is 11.4. The van der Waals surface area contributed by atoms with E-state index in [9.17, 15) is 4.79 Å². The fraction of sp³-hybridized carbons (Fsp3) is 0.0667. The van der Waals surface area contributed by atoms with E-state index in [1.807, 2.05) is 55.5 Å². The largest absolute Gasteiger partial charge is 0.451 e. The Balaban J connectivity index is 1.53. The molecule has 2 aliphatic rings. The van der Waals surface area contributed by atoms with Gasteiger partial charge in [-0.3, -0.25) is 4.79 Å². The van der Waals surface area contributed by atoms with Crippen molar-refractivity contribution in [1.82, 2.24) is 4.98 Å². The van der Waals surface area contributed by atoms with E-state index in [4.69, 9.17) is 9.40 Å². The molecular formula is C30H20BrNO2S2. The Hall–Kier alpha value is -3.06. The molecule has 1 aliphatic heterocycles. The fourth-order valence-corrected chi connectivity index (χ4v) is 6.61. The van der Waals surface area contributed by atoms with E-state index in [-0.39, 0.29) is 5.43 Å². The number of halogens is 1. The van der Waals surface area contributed by atoms with E-state index >= 15 is 0 Å². The highest BCUT2D eigenvalue weighted by molar-refractivity contribution is 9.10. The van der Waals surface area contributed by atoms with Crippen LogP contribution >= 0.6 is 39.5 Å². The van der Waals surface area contributed by atoms with Gasteiger partial charge in [-0.05, 0) is 71.6 Å². The van der Waals surface area contributed by atoms with E-state index in [2.05, 4.69) is 59.3 Å². The Kier molecular flexibility index (Phi) is 6.12. The van der Waals surface area contributed by atoms with Crippen LogP contribution in [0.2, 0.25) is 0 Å². The van der Waals surface area contributed by atoms with E-state index in [1.54, 1.807) is 11.8 Å². The minimum atomic E-state index is -0.104. The highest BCUT2D eigenvalue weighted by Gasteiger charge is 2.21. The van der Waals surface area contributed by atoms with Crippen LogP contribution in [0.25, 0.3) is 33.3 Å². The number of aromatic nitrogens is 1. The van der Waals surface area contributed by atoms with Gasteiger partial charge in [-0.1, -0.05) is 83.2 Å². The molecule has 0 spiro atoms. The summed E-state index contributed by atoms with van der Waals surface area (Å²) in [5, 5.41) is 2.14. The van der Waals surface area contributed by atoms with Crippen molar-refractivity contribution in [2.24, 2.45) is 0 Å². The molecule has 4 aromatic rings. The van der Waals surface area contributed by atoms with Crippen LogP contribution in [0.3, 0.4) is 0 Å². The van der Waals surface area contributed by atoms with Gasteiger partial charge < -0.3 is 4.42 Å². The Labute approximate surface area is 225 Å². The zero-order valence-electron chi connectivity index (χ0n) is 19.5. The molecule has 4 aromatic carbocycles. The Morgan fingerprint density at radius 1 is 0.750 bits per heavy atom. The van der Waals surface area contributed by atoms with Gasteiger partial charge in [0.1, 0.15) is 15.7 Å². The molecule has 0 unspecified atom stereocenters. The molecule has 6 rings (SSSR count). The van der Waals surface area contributed by atoms with Crippen molar-refractivity contribution in [2.45, 2.75) is 33.4 Å². The van der Waals surface area contributed by atoms with Crippen molar-refractivity contribution >= 4 is 61.3 Å². The van der Waals surface area contributed by atoms with Gasteiger partial charge in [-0.25, -0.2) is 4.98 Å². The third-order valence-electron chi connectivity index (χ3n) is 6.01. The van der Waals surface area contributed by atoms with Gasteiger partial charge in [0.2, 0.25) is 5.43 Å². The lowest BCUT2D eigenvalue weighted by molar-refractivity contribution is 0.608. The van der Waals surface area contributed by atoms with E-state index < -0.39 is 0 Å². The quantitative estimate of drug-likeness (QED) is 0.156. The van der Waals surface area contributed by atoms with Crippen LogP contribution in [0.1, 0.15) is 11.1 Å². The standard InChI is InChI=1S/C30H20BrNO2S2/c1-17-7-11-19(12-8-17)35-25-16-24-28(22-6-4-3-5-21(22)25)32-23-15-26(29(33)27(31)30(23)34-24)36-20-13-9-18(2)10-14-20/h3-16H,1-2H3. The maximum Gasteiger partial charge on any atom is 0.210 e. The van der Waals surface area contributed by atoms with E-state index in [0.717, 1.165) is 31.0 Å². The van der Waals surface area contributed by atoms with Gasteiger partial charge in [-0.2, -0.15) is 0 Å². The molecule has 0 saturated heterocycles. The number of fused-ring (bicyclic) bond motifs is 4. The third kappa shape index (κ3) is 4.34. The van der Waals surface area contributed by atoms with Gasteiger partial charge in [0.25, 0.3) is 0 Å². The van der Waals surface area contributed by atoms with E-state index in [1.165, 1.54) is 22.9 Å². The average Bonchev–Trinajstić information content (AvgIpc) is 2.89. The normalized spacial score (nSPS) is 11.5. The van der Waals surface area contributed by atoms with Gasteiger partial charge in [-0.15, -0.1) is 0 Å². The summed E-state index contributed by atoms with van der Waals surface area (Å²) >= 11 is 6.64. The van der Waals surface area contributed by atoms with Crippen LogP contribution < -0.4 is 5.43 Å². The van der Waals surface area contributed by atoms with Gasteiger partial charge in [0, 0.05) is 20.1 Å². The molecule has 0 amide bonds. The van der Waals surface area contributed by atoms with E-state index in [0.29, 0.717) is 26.4 Å². The number of aryl methyl sites for hydroxylation is 2. The predicted molar refractivity (Wildman–Crippen MR) is 153 cm³/mol. The predicted octanol–water partition coefficient (Wildman–Crippen LogP) is 9.13. The Bertz CT molecular complexity index is 1780. The van der Waals surface area contributed by atoms with Crippen LogP contribution in [-0.2, 0) is 0 Å². The molecule has 0 fully saturated rings. The minimum absolute atomic E-state index is 0.104. The molecule has 0 radical (unpaired) electrons. The second-order valence-electron chi connectivity index (χ2n) is 8.68. The first-order valence-corrected chi connectivity index (χ1v) is 13.9. The van der Waals surface area contributed by atoms with Crippen molar-refractivity contribution in [2.75, 3.05) is 0 Å². The zero-order valence-corrected chi connectivity index (χ0v) is 22.8. The molecule has 1 aliphatic carbocycles. The summed E-state index contributed by atoms with van der Waals surface area (Å²) in [7, 11) is 0. The molecule has 0 atom stereocenters. The van der Waals surface area contributed by atoms with Crippen LogP contribution in [0.4, 0.5) is 0 Å². The molecule has 0 aromatic heterocycles. The van der Waals surface area contributed by atoms with Crippen LogP contribution in [0.5, 0.6) is 0 Å². The smallest absolute Gasteiger partial charge is 0.210 e. The average molecular weight is 571 g/mol. The summed E-state index contributed by atoms with van der Waals surface area (Å²) in [5.41, 5.74) is 4.38. The zero-order chi connectivity index (χ0) is 24.8. The maximum atomic E-state index is 13.2. The molecule has 6 heteroatoms. The lowest BCUT2D eigenvalue weighted by Gasteiger charge is -2.14. The SMILES string of the molecule is Cc1ccc(Sc2cc3nc4c(cc(Sc5ccc(C)cc5)c5ccccc54)oc-3c(Br)c2=O)cc1. The summed E-state index contributed by atoms with van der Waals surface area (Å²) in [6.07, 6.45) is 0. The summed E-state index contributed by atoms with van der Waals surface area (Å²) in [4.78, 5) is 22.0. The topological polar surface area (TPSA) is 43.1 Å². The van der Waals surface area contributed by atoms with Crippen molar-refractivity contribution < 1.29 is 4.42 Å². The summed E-state index contributed by atoms with van der Waals surface area (Å²) in [5.74, 6) is 0.460. The summed E-state index contributed by atoms with van der Waals surface area (Å²) < 4.78 is 6.75. The lowest BCUT2D eigenvalue weighted by Crippen LogP contribution is -2.08. The number of hydrogen-bond acceptors (Lipinski definition) is 5. The Morgan fingerprint density at radius 2 is 1.33 bits per heavy atom. The first kappa shape index (κ1) is 23.3. The van der Waals surface area contributed by atoms with Crippen LogP contribution in [0.15, 0.2) is 118 Å². The lowest BCUT2D eigenvalue weighted by atomic mass is 10.1. The van der Waals surface area contributed by atoms with Crippen molar-refractivity contribution in [3.05, 3.63) is 111 Å². The van der Waals surface area contributed by atoms with Crippen molar-refractivity contribution in [3.8, 4) is 11.5 Å². The molecule has 36 heavy (non-hydrogen) atoms. The van der Waals surface area contributed by atoms with Gasteiger partial charge in [0.05, 0.1) is 4.90 Å². The summed E-state index contributed by atoms with van der Waals surface area (Å²) in [6.45, 7) is 4.13. The molecule has 0 N–H and O–H groups in total. The molecule has 0 saturated carbocycles. The Morgan fingerprint density at radius 3 is 1.97 bits per heavy atom. The van der Waals surface area contributed by atoms with Gasteiger partial charge in [0.15, 0.2) is 11.3 Å². The number of hydrogen-bond donors (Lipinski definition) is 0. The van der Waals surface area contributed by atoms with Gasteiger partial charge >= 0.3 is 0 Å². The maximum absolute atomic E-state index is 13.2. The second kappa shape index (κ2) is 9.43. The van der Waals surface area contributed by atoms with Crippen LogP contribution in [-0.4, -0.2) is 4.98 Å². The molecule has 176 valence electrons. The van der Waals surface area contributed by atoms with Crippen molar-refractivity contribution in [1.29, 1.82) is 0 Å². The number of rotatable bonds is 4. The van der Waals surface area contributed by atoms with Crippen LogP contribution in [0, 0.1) is 13.8 Å². The fourth-order valence-electron chi connectivity index (χ4n) is 4.11. The number of nitrogens with zero attached hydrogens (tertiary/aromatic N) is 1. The number of benzene rings is 5. The molecule has 3 nitrogen and oxygen atoms in total. The summed E-state index contributed by atoms with van der Waals surface area (Å²) in [6, 6.07) is 28.7. The highest BCUT2D eigenvalue weighted by Crippen LogP contribution is 2.41. The molecular weight excluding hydrogens is 550 g/mol. The van der Waals surface area contributed by atoms with Crippen molar-refractivity contribution in [3.63, 3.8) is 0 Å². The highest BCUT2D eigenvalue weighted by atomic mass is 79.9. The first-order chi connectivity index (χ1) is 17.5. The second-order valence-corrected chi connectivity index (χ2v) is 11.7. The third-order valence-corrected chi connectivity index (χ3v) is 8.82. The minimum Gasteiger partial charge on any atom is -0.451 e.